The van der Waals surface area contributed by atoms with Gasteiger partial charge < -0.3 is 14.6 Å². The SMILES string of the molecule is CCC(C)(C)OCC(O)CC(C)(CC)OC. The third-order valence-electron chi connectivity index (χ3n) is 3.43. The van der Waals surface area contributed by atoms with Crippen LogP contribution in [0.15, 0.2) is 0 Å². The summed E-state index contributed by atoms with van der Waals surface area (Å²) in [7, 11) is 1.69. The van der Waals surface area contributed by atoms with Gasteiger partial charge in [0.15, 0.2) is 0 Å². The highest BCUT2D eigenvalue weighted by molar-refractivity contribution is 4.77. The molecular weight excluding hydrogens is 204 g/mol. The summed E-state index contributed by atoms with van der Waals surface area (Å²) in [5, 5.41) is 9.90. The lowest BCUT2D eigenvalue weighted by Crippen LogP contribution is -2.36. The monoisotopic (exact) mass is 232 g/mol. The average molecular weight is 232 g/mol. The molecular formula is C13H28O3. The van der Waals surface area contributed by atoms with Gasteiger partial charge in [-0.05, 0) is 33.6 Å². The second kappa shape index (κ2) is 6.58. The van der Waals surface area contributed by atoms with Crippen molar-refractivity contribution in [3.63, 3.8) is 0 Å². The normalized spacial score (nSPS) is 18.2. The van der Waals surface area contributed by atoms with Gasteiger partial charge in [-0.2, -0.15) is 0 Å². The molecule has 1 N–H and O–H groups in total. The highest BCUT2D eigenvalue weighted by Gasteiger charge is 2.26. The summed E-state index contributed by atoms with van der Waals surface area (Å²) >= 11 is 0. The van der Waals surface area contributed by atoms with E-state index in [2.05, 4.69) is 13.8 Å². The van der Waals surface area contributed by atoms with Crippen molar-refractivity contribution >= 4 is 0 Å². The van der Waals surface area contributed by atoms with Crippen molar-refractivity contribution in [1.29, 1.82) is 0 Å². The second-order valence-electron chi connectivity index (χ2n) is 5.29. The zero-order chi connectivity index (χ0) is 12.8. The van der Waals surface area contributed by atoms with Crippen LogP contribution in [0.5, 0.6) is 0 Å². The lowest BCUT2D eigenvalue weighted by atomic mass is 9.95. The van der Waals surface area contributed by atoms with Crippen molar-refractivity contribution in [2.24, 2.45) is 0 Å². The number of methoxy groups -OCH3 is 1. The number of ether oxygens (including phenoxy) is 2. The highest BCUT2D eigenvalue weighted by Crippen LogP contribution is 2.22. The third-order valence-corrected chi connectivity index (χ3v) is 3.43. The fourth-order valence-corrected chi connectivity index (χ4v) is 1.35. The van der Waals surface area contributed by atoms with E-state index in [1.807, 2.05) is 20.8 Å². The molecule has 0 aliphatic heterocycles. The van der Waals surface area contributed by atoms with Gasteiger partial charge in [-0.25, -0.2) is 0 Å². The molecule has 0 saturated heterocycles. The van der Waals surface area contributed by atoms with E-state index in [4.69, 9.17) is 9.47 Å². The lowest BCUT2D eigenvalue weighted by Gasteiger charge is -2.31. The number of rotatable bonds is 8. The molecule has 0 fully saturated rings. The molecule has 0 saturated carbocycles. The summed E-state index contributed by atoms with van der Waals surface area (Å²) in [5.41, 5.74) is -0.407. The minimum Gasteiger partial charge on any atom is -0.391 e. The predicted molar refractivity (Wildman–Crippen MR) is 66.7 cm³/mol. The molecule has 0 aromatic heterocycles. The van der Waals surface area contributed by atoms with Crippen LogP contribution < -0.4 is 0 Å². The molecule has 3 heteroatoms. The summed E-state index contributed by atoms with van der Waals surface area (Å²) < 4.78 is 11.1. The first-order valence-corrected chi connectivity index (χ1v) is 6.15. The van der Waals surface area contributed by atoms with Crippen LogP contribution in [0.4, 0.5) is 0 Å². The Hall–Kier alpha value is -0.120. The number of aliphatic hydroxyl groups is 1. The maximum absolute atomic E-state index is 9.90. The first-order valence-electron chi connectivity index (χ1n) is 6.15. The summed E-state index contributed by atoms with van der Waals surface area (Å²) in [4.78, 5) is 0. The molecule has 0 bridgehead atoms. The fourth-order valence-electron chi connectivity index (χ4n) is 1.35. The summed E-state index contributed by atoms with van der Waals surface area (Å²) in [5.74, 6) is 0. The topological polar surface area (TPSA) is 38.7 Å². The Morgan fingerprint density at radius 2 is 1.69 bits per heavy atom. The lowest BCUT2D eigenvalue weighted by molar-refractivity contribution is -0.0914. The van der Waals surface area contributed by atoms with Crippen LogP contribution in [0.25, 0.3) is 0 Å². The van der Waals surface area contributed by atoms with E-state index in [0.717, 1.165) is 12.8 Å². The van der Waals surface area contributed by atoms with E-state index in [1.54, 1.807) is 7.11 Å². The Bertz CT molecular complexity index is 186. The summed E-state index contributed by atoms with van der Waals surface area (Å²) in [6.45, 7) is 10.6. The van der Waals surface area contributed by atoms with Crippen LogP contribution in [-0.4, -0.2) is 36.1 Å². The van der Waals surface area contributed by atoms with Crippen LogP contribution in [0.1, 0.15) is 53.9 Å². The van der Waals surface area contributed by atoms with E-state index < -0.39 is 6.10 Å². The summed E-state index contributed by atoms with van der Waals surface area (Å²) in [6.07, 6.45) is 1.97. The third kappa shape index (κ3) is 5.83. The van der Waals surface area contributed by atoms with Crippen molar-refractivity contribution in [1.82, 2.24) is 0 Å². The Morgan fingerprint density at radius 1 is 1.12 bits per heavy atom. The first kappa shape index (κ1) is 15.9. The first-order chi connectivity index (χ1) is 7.28. The minimum atomic E-state index is -0.462. The quantitative estimate of drug-likeness (QED) is 0.699. The Labute approximate surface area is 100 Å². The van der Waals surface area contributed by atoms with Gasteiger partial charge in [-0.15, -0.1) is 0 Å². The molecule has 0 amide bonds. The van der Waals surface area contributed by atoms with Crippen molar-refractivity contribution in [3.8, 4) is 0 Å². The van der Waals surface area contributed by atoms with Crippen molar-refractivity contribution in [2.45, 2.75) is 71.2 Å². The van der Waals surface area contributed by atoms with E-state index in [-0.39, 0.29) is 11.2 Å². The van der Waals surface area contributed by atoms with Crippen molar-refractivity contribution in [3.05, 3.63) is 0 Å². The molecule has 0 aromatic rings. The van der Waals surface area contributed by atoms with Crippen LogP contribution in [0.3, 0.4) is 0 Å². The zero-order valence-electron chi connectivity index (χ0n) is 11.7. The van der Waals surface area contributed by atoms with Crippen molar-refractivity contribution < 1.29 is 14.6 Å². The fraction of sp³-hybridized carbons (Fsp3) is 1.00. The average Bonchev–Trinajstić information content (AvgIpc) is 2.26. The Balaban J connectivity index is 4.04. The van der Waals surface area contributed by atoms with Gasteiger partial charge in [0.05, 0.1) is 23.9 Å². The predicted octanol–water partition coefficient (Wildman–Crippen LogP) is 2.76. The maximum atomic E-state index is 9.90. The molecule has 2 atom stereocenters. The van der Waals surface area contributed by atoms with Crippen LogP contribution >= 0.6 is 0 Å². The highest BCUT2D eigenvalue weighted by atomic mass is 16.5. The standard InChI is InChI=1S/C13H28O3/c1-7-12(3,4)16-10-11(14)9-13(5,8-2)15-6/h11,14H,7-10H2,1-6H3. The Morgan fingerprint density at radius 3 is 2.06 bits per heavy atom. The van der Waals surface area contributed by atoms with Gasteiger partial charge in [0.2, 0.25) is 0 Å². The van der Waals surface area contributed by atoms with E-state index in [9.17, 15) is 5.11 Å². The van der Waals surface area contributed by atoms with E-state index in [1.165, 1.54) is 0 Å². The summed E-state index contributed by atoms with van der Waals surface area (Å²) in [6, 6.07) is 0. The number of hydrogen-bond donors (Lipinski definition) is 1. The molecule has 98 valence electrons. The molecule has 0 rings (SSSR count). The van der Waals surface area contributed by atoms with Gasteiger partial charge in [0, 0.05) is 13.5 Å². The van der Waals surface area contributed by atoms with Crippen LogP contribution in [-0.2, 0) is 9.47 Å². The smallest absolute Gasteiger partial charge is 0.0801 e. The minimum absolute atomic E-state index is 0.156. The number of aliphatic hydroxyl groups excluding tert-OH is 1. The molecule has 0 aliphatic rings. The molecule has 2 unspecified atom stereocenters. The largest absolute Gasteiger partial charge is 0.391 e. The van der Waals surface area contributed by atoms with Crippen LogP contribution in [0.2, 0.25) is 0 Å². The van der Waals surface area contributed by atoms with Gasteiger partial charge in [0.25, 0.3) is 0 Å². The van der Waals surface area contributed by atoms with Crippen LogP contribution in [0, 0.1) is 0 Å². The van der Waals surface area contributed by atoms with Crippen molar-refractivity contribution in [2.75, 3.05) is 13.7 Å². The van der Waals surface area contributed by atoms with E-state index >= 15 is 0 Å². The molecule has 0 spiro atoms. The zero-order valence-corrected chi connectivity index (χ0v) is 11.7. The molecule has 0 aliphatic carbocycles. The number of hydrogen-bond acceptors (Lipinski definition) is 3. The van der Waals surface area contributed by atoms with Gasteiger partial charge >= 0.3 is 0 Å². The molecule has 16 heavy (non-hydrogen) atoms. The van der Waals surface area contributed by atoms with Gasteiger partial charge in [0.1, 0.15) is 0 Å². The molecule has 0 radical (unpaired) electrons. The van der Waals surface area contributed by atoms with Gasteiger partial charge in [-0.3, -0.25) is 0 Å². The maximum Gasteiger partial charge on any atom is 0.0801 e. The Kier molecular flexibility index (Phi) is 6.53. The molecule has 0 heterocycles. The molecule has 0 aromatic carbocycles. The second-order valence-corrected chi connectivity index (χ2v) is 5.29. The van der Waals surface area contributed by atoms with Gasteiger partial charge in [-0.1, -0.05) is 13.8 Å². The molecule has 3 nitrogen and oxygen atoms in total. The van der Waals surface area contributed by atoms with E-state index in [0.29, 0.717) is 13.0 Å².